The van der Waals surface area contributed by atoms with E-state index in [1.165, 1.54) is 21.9 Å². The van der Waals surface area contributed by atoms with Gasteiger partial charge in [-0.25, -0.2) is 4.98 Å². The standard InChI is InChI=1S/C20H20N4O4S/c1-3-16-22-24-18(26)9-14(21-20(24)29-16)11-28-19(27)13-8-17(25)23(10-13)15-6-4-12(2)5-7-15/h4-7,9,13H,3,8,10-11H2,1-2H3/t13-/m1/s1. The van der Waals surface area contributed by atoms with Gasteiger partial charge in [0, 0.05) is 24.7 Å². The summed E-state index contributed by atoms with van der Waals surface area (Å²) in [5.74, 6) is -1.11. The second-order valence-corrected chi connectivity index (χ2v) is 8.02. The molecule has 2 aromatic heterocycles. The Bertz CT molecular complexity index is 1140. The minimum Gasteiger partial charge on any atom is -0.459 e. The second kappa shape index (κ2) is 7.75. The Morgan fingerprint density at radius 1 is 1.28 bits per heavy atom. The molecule has 1 amide bonds. The highest BCUT2D eigenvalue weighted by molar-refractivity contribution is 7.16. The number of fused-ring (bicyclic) bond motifs is 1. The third-order valence-corrected chi connectivity index (χ3v) is 5.86. The van der Waals surface area contributed by atoms with Gasteiger partial charge in [-0.15, -0.1) is 0 Å². The smallest absolute Gasteiger partial charge is 0.311 e. The molecule has 4 rings (SSSR count). The van der Waals surface area contributed by atoms with Crippen LogP contribution in [0, 0.1) is 12.8 Å². The number of carbonyl (C=O) groups is 2. The Kier molecular flexibility index (Phi) is 5.14. The molecule has 3 aromatic rings. The number of aryl methyl sites for hydroxylation is 2. The number of amides is 1. The van der Waals surface area contributed by atoms with E-state index < -0.39 is 11.9 Å². The number of rotatable bonds is 5. The van der Waals surface area contributed by atoms with Gasteiger partial charge in [0.05, 0.1) is 11.6 Å². The van der Waals surface area contributed by atoms with Crippen molar-refractivity contribution in [2.45, 2.75) is 33.3 Å². The van der Waals surface area contributed by atoms with E-state index in [4.69, 9.17) is 4.74 Å². The number of nitrogens with zero attached hydrogens (tertiary/aromatic N) is 4. The van der Waals surface area contributed by atoms with Crippen molar-refractivity contribution in [2.75, 3.05) is 11.4 Å². The van der Waals surface area contributed by atoms with E-state index in [0.29, 0.717) is 17.1 Å². The lowest BCUT2D eigenvalue weighted by molar-refractivity contribution is -0.149. The van der Waals surface area contributed by atoms with Gasteiger partial charge in [0.1, 0.15) is 11.6 Å². The zero-order valence-corrected chi connectivity index (χ0v) is 16.9. The van der Waals surface area contributed by atoms with Gasteiger partial charge in [0.25, 0.3) is 5.56 Å². The minimum absolute atomic E-state index is 0.106. The molecule has 0 radical (unpaired) electrons. The van der Waals surface area contributed by atoms with E-state index in [0.717, 1.165) is 16.3 Å². The van der Waals surface area contributed by atoms with E-state index in [-0.39, 0.29) is 31.0 Å². The summed E-state index contributed by atoms with van der Waals surface area (Å²) in [6, 6.07) is 8.91. The van der Waals surface area contributed by atoms with Crippen molar-refractivity contribution >= 4 is 33.9 Å². The largest absolute Gasteiger partial charge is 0.459 e. The van der Waals surface area contributed by atoms with Crippen LogP contribution in [0.25, 0.3) is 4.96 Å². The van der Waals surface area contributed by atoms with Gasteiger partial charge in [0.15, 0.2) is 0 Å². The third kappa shape index (κ3) is 3.91. The fraction of sp³-hybridized carbons (Fsp3) is 0.350. The Hall–Kier alpha value is -3.07. The summed E-state index contributed by atoms with van der Waals surface area (Å²) in [4.78, 5) is 43.4. The van der Waals surface area contributed by atoms with Crippen molar-refractivity contribution in [3.05, 3.63) is 57.0 Å². The predicted octanol–water partition coefficient (Wildman–Crippen LogP) is 2.12. The number of ether oxygens (including phenoxy) is 1. The van der Waals surface area contributed by atoms with Crippen molar-refractivity contribution in [2.24, 2.45) is 5.92 Å². The SMILES string of the molecule is CCc1nn2c(=O)cc(COC(=O)[C@@H]3CC(=O)N(c4ccc(C)cc4)C3)nc2s1. The maximum Gasteiger partial charge on any atom is 0.311 e. The van der Waals surface area contributed by atoms with E-state index in [1.807, 2.05) is 38.1 Å². The van der Waals surface area contributed by atoms with Crippen LogP contribution >= 0.6 is 11.3 Å². The zero-order chi connectivity index (χ0) is 20.5. The number of carbonyl (C=O) groups excluding carboxylic acids is 2. The van der Waals surface area contributed by atoms with Gasteiger partial charge in [-0.05, 0) is 25.5 Å². The van der Waals surface area contributed by atoms with Gasteiger partial charge >= 0.3 is 5.97 Å². The quantitative estimate of drug-likeness (QED) is 0.596. The first kappa shape index (κ1) is 19.3. The molecule has 1 aliphatic heterocycles. The van der Waals surface area contributed by atoms with E-state index in [2.05, 4.69) is 10.1 Å². The van der Waals surface area contributed by atoms with Crippen LogP contribution in [-0.2, 0) is 27.4 Å². The van der Waals surface area contributed by atoms with Gasteiger partial charge in [-0.3, -0.25) is 14.4 Å². The molecule has 0 unspecified atom stereocenters. The highest BCUT2D eigenvalue weighted by Crippen LogP contribution is 2.26. The molecular formula is C20H20N4O4S. The van der Waals surface area contributed by atoms with Crippen LogP contribution in [0.4, 0.5) is 5.69 Å². The average Bonchev–Trinajstić information content (AvgIpc) is 3.30. The maximum absolute atomic E-state index is 12.5. The highest BCUT2D eigenvalue weighted by atomic mass is 32.1. The zero-order valence-electron chi connectivity index (χ0n) is 16.1. The molecule has 0 bridgehead atoms. The summed E-state index contributed by atoms with van der Waals surface area (Å²) in [7, 11) is 0. The topological polar surface area (TPSA) is 93.9 Å². The lowest BCUT2D eigenvalue weighted by Gasteiger charge is -2.16. The van der Waals surface area contributed by atoms with E-state index in [9.17, 15) is 14.4 Å². The van der Waals surface area contributed by atoms with Crippen molar-refractivity contribution < 1.29 is 14.3 Å². The van der Waals surface area contributed by atoms with Gasteiger partial charge in [-0.2, -0.15) is 9.61 Å². The number of aromatic nitrogens is 3. The molecule has 0 spiro atoms. The van der Waals surface area contributed by atoms with Gasteiger partial charge in [-0.1, -0.05) is 36.0 Å². The first-order chi connectivity index (χ1) is 13.9. The van der Waals surface area contributed by atoms with Gasteiger partial charge in [0.2, 0.25) is 10.9 Å². The number of hydrogen-bond acceptors (Lipinski definition) is 7. The Balaban J connectivity index is 1.42. The molecular weight excluding hydrogens is 392 g/mol. The molecule has 1 atom stereocenters. The third-order valence-electron chi connectivity index (χ3n) is 4.81. The second-order valence-electron chi connectivity index (χ2n) is 6.98. The summed E-state index contributed by atoms with van der Waals surface area (Å²) in [5.41, 5.74) is 1.93. The fourth-order valence-corrected chi connectivity index (χ4v) is 4.07. The number of benzene rings is 1. The van der Waals surface area contributed by atoms with Crippen LogP contribution < -0.4 is 10.5 Å². The first-order valence-corrected chi connectivity index (χ1v) is 10.2. The number of esters is 1. The van der Waals surface area contributed by atoms with Crippen LogP contribution in [0.2, 0.25) is 0 Å². The number of anilines is 1. The molecule has 1 aromatic carbocycles. The lowest BCUT2D eigenvalue weighted by Crippen LogP contribution is -2.26. The van der Waals surface area contributed by atoms with Crippen LogP contribution in [0.1, 0.15) is 29.6 Å². The van der Waals surface area contributed by atoms with Crippen LogP contribution in [0.15, 0.2) is 35.1 Å². The molecule has 8 nitrogen and oxygen atoms in total. The predicted molar refractivity (Wildman–Crippen MR) is 108 cm³/mol. The van der Waals surface area contributed by atoms with E-state index >= 15 is 0 Å². The molecule has 29 heavy (non-hydrogen) atoms. The average molecular weight is 412 g/mol. The molecule has 0 saturated carbocycles. The summed E-state index contributed by atoms with van der Waals surface area (Å²) in [5, 5.41) is 5.00. The summed E-state index contributed by atoms with van der Waals surface area (Å²) in [6.07, 6.45) is 0.821. The molecule has 150 valence electrons. The fourth-order valence-electron chi connectivity index (χ4n) is 3.22. The molecule has 1 fully saturated rings. The Morgan fingerprint density at radius 2 is 2.03 bits per heavy atom. The monoisotopic (exact) mass is 412 g/mol. The van der Waals surface area contributed by atoms with Crippen LogP contribution in [0.3, 0.4) is 0 Å². The summed E-state index contributed by atoms with van der Waals surface area (Å²) in [6.45, 7) is 4.10. The highest BCUT2D eigenvalue weighted by Gasteiger charge is 2.36. The normalized spacial score (nSPS) is 16.6. The molecule has 9 heteroatoms. The Morgan fingerprint density at radius 3 is 2.76 bits per heavy atom. The van der Waals surface area contributed by atoms with E-state index in [1.54, 1.807) is 4.90 Å². The van der Waals surface area contributed by atoms with Crippen LogP contribution in [-0.4, -0.2) is 33.0 Å². The summed E-state index contributed by atoms with van der Waals surface area (Å²) >= 11 is 1.33. The first-order valence-electron chi connectivity index (χ1n) is 9.37. The minimum atomic E-state index is -0.538. The van der Waals surface area contributed by atoms with Crippen molar-refractivity contribution in [3.8, 4) is 0 Å². The van der Waals surface area contributed by atoms with Crippen molar-refractivity contribution in [1.82, 2.24) is 14.6 Å². The summed E-state index contributed by atoms with van der Waals surface area (Å²) < 4.78 is 6.61. The maximum atomic E-state index is 12.5. The molecule has 3 heterocycles. The van der Waals surface area contributed by atoms with Gasteiger partial charge < -0.3 is 9.64 Å². The molecule has 1 aliphatic rings. The Labute approximate surface area is 170 Å². The lowest BCUT2D eigenvalue weighted by atomic mass is 10.1. The number of hydrogen-bond donors (Lipinski definition) is 0. The van der Waals surface area contributed by atoms with Crippen molar-refractivity contribution in [3.63, 3.8) is 0 Å². The molecule has 0 aliphatic carbocycles. The van der Waals surface area contributed by atoms with Crippen molar-refractivity contribution in [1.29, 1.82) is 0 Å². The molecule has 0 N–H and O–H groups in total. The van der Waals surface area contributed by atoms with Crippen LogP contribution in [0.5, 0.6) is 0 Å². The molecule has 1 saturated heterocycles.